The van der Waals surface area contributed by atoms with Gasteiger partial charge in [0.05, 0.1) is 12.2 Å². The number of nitrogens with one attached hydrogen (secondary N) is 1. The van der Waals surface area contributed by atoms with E-state index in [9.17, 15) is 4.79 Å². The molecule has 2 unspecified atom stereocenters. The molecule has 1 saturated heterocycles. The van der Waals surface area contributed by atoms with Crippen molar-refractivity contribution in [2.75, 3.05) is 6.54 Å². The van der Waals surface area contributed by atoms with Crippen molar-refractivity contribution in [3.05, 3.63) is 0 Å². The Bertz CT molecular complexity index is 323. The number of amides is 1. The first kappa shape index (κ1) is 17.5. The Morgan fingerprint density at radius 3 is 2.30 bits per heavy atom. The number of carbonyl (C=O) groups excluding carboxylic acids is 1. The molecule has 1 amide bonds. The fraction of sp³-hybridized carbons (Fsp3) is 0.941. The molecule has 3 nitrogen and oxygen atoms in total. The molecule has 2 atom stereocenters. The monoisotopic (exact) mass is 282 g/mol. The van der Waals surface area contributed by atoms with E-state index in [0.717, 1.165) is 25.8 Å². The summed E-state index contributed by atoms with van der Waals surface area (Å²) >= 11 is 0. The average Bonchev–Trinajstić information content (AvgIpc) is 2.64. The van der Waals surface area contributed by atoms with Crippen LogP contribution in [0, 0.1) is 17.3 Å². The smallest absolute Gasteiger partial charge is 0.241 e. The van der Waals surface area contributed by atoms with E-state index in [1.807, 2.05) is 0 Å². The summed E-state index contributed by atoms with van der Waals surface area (Å²) in [6.45, 7) is 16.4. The van der Waals surface area contributed by atoms with Gasteiger partial charge in [0.2, 0.25) is 5.91 Å². The second-order valence-corrected chi connectivity index (χ2v) is 7.66. The van der Waals surface area contributed by atoms with E-state index in [4.69, 9.17) is 0 Å². The quantitative estimate of drug-likeness (QED) is 0.773. The zero-order valence-electron chi connectivity index (χ0n) is 14.5. The molecule has 3 heteroatoms. The Kier molecular flexibility index (Phi) is 6.06. The van der Waals surface area contributed by atoms with E-state index in [2.05, 4.69) is 58.7 Å². The number of hydrogen-bond donors (Lipinski definition) is 1. The lowest BCUT2D eigenvalue weighted by Gasteiger charge is -2.37. The Morgan fingerprint density at radius 2 is 1.85 bits per heavy atom. The van der Waals surface area contributed by atoms with Gasteiger partial charge < -0.3 is 4.90 Å². The van der Waals surface area contributed by atoms with Crippen molar-refractivity contribution >= 4 is 5.91 Å². The van der Waals surface area contributed by atoms with Crippen LogP contribution in [0.15, 0.2) is 0 Å². The van der Waals surface area contributed by atoms with Crippen molar-refractivity contribution in [3.8, 4) is 0 Å². The molecule has 0 saturated carbocycles. The van der Waals surface area contributed by atoms with Crippen LogP contribution in [-0.2, 0) is 4.79 Å². The van der Waals surface area contributed by atoms with Crippen molar-refractivity contribution in [2.45, 2.75) is 79.9 Å². The minimum Gasteiger partial charge on any atom is -0.325 e. The maximum atomic E-state index is 12.7. The minimum atomic E-state index is 0.0327. The first-order chi connectivity index (χ1) is 9.20. The van der Waals surface area contributed by atoms with E-state index < -0.39 is 0 Å². The molecular weight excluding hydrogens is 248 g/mol. The van der Waals surface area contributed by atoms with E-state index in [1.165, 1.54) is 0 Å². The van der Waals surface area contributed by atoms with Crippen LogP contribution in [0.5, 0.6) is 0 Å². The van der Waals surface area contributed by atoms with Gasteiger partial charge in [-0.1, -0.05) is 61.3 Å². The third-order valence-corrected chi connectivity index (χ3v) is 4.91. The normalized spacial score (nSPS) is 24.2. The molecule has 1 aliphatic rings. The summed E-state index contributed by atoms with van der Waals surface area (Å²) in [5.41, 5.74) is 0.157. The molecule has 0 aromatic heterocycles. The lowest BCUT2D eigenvalue weighted by Crippen LogP contribution is -2.46. The number of carbonyl (C=O) groups is 1. The lowest BCUT2D eigenvalue weighted by atomic mass is 9.80. The maximum Gasteiger partial charge on any atom is 0.241 e. The van der Waals surface area contributed by atoms with Crippen LogP contribution in [0.2, 0.25) is 0 Å². The molecule has 1 rings (SSSR count). The Morgan fingerprint density at radius 1 is 1.25 bits per heavy atom. The Labute approximate surface area is 125 Å². The lowest BCUT2D eigenvalue weighted by molar-refractivity contribution is -0.132. The second kappa shape index (κ2) is 6.93. The van der Waals surface area contributed by atoms with Crippen LogP contribution in [-0.4, -0.2) is 29.6 Å². The summed E-state index contributed by atoms with van der Waals surface area (Å²) < 4.78 is 0. The van der Waals surface area contributed by atoms with Gasteiger partial charge in [-0.15, -0.1) is 0 Å². The van der Waals surface area contributed by atoms with Gasteiger partial charge in [-0.25, -0.2) is 0 Å². The van der Waals surface area contributed by atoms with E-state index in [1.54, 1.807) is 0 Å². The molecule has 1 N–H and O–H groups in total. The summed E-state index contributed by atoms with van der Waals surface area (Å²) in [6.07, 6.45) is 3.43. The van der Waals surface area contributed by atoms with Gasteiger partial charge in [0.1, 0.15) is 0 Å². The first-order valence-electron chi connectivity index (χ1n) is 8.27. The number of unbranched alkanes of at least 4 members (excludes halogenated alkanes) is 1. The number of hydrogen-bond acceptors (Lipinski definition) is 2. The average molecular weight is 282 g/mol. The van der Waals surface area contributed by atoms with E-state index >= 15 is 0 Å². The Balaban J connectivity index is 2.82. The van der Waals surface area contributed by atoms with Crippen molar-refractivity contribution in [1.29, 1.82) is 0 Å². The van der Waals surface area contributed by atoms with Crippen LogP contribution in [0.3, 0.4) is 0 Å². The van der Waals surface area contributed by atoms with Gasteiger partial charge in [-0.05, 0) is 23.7 Å². The first-order valence-corrected chi connectivity index (χ1v) is 8.27. The van der Waals surface area contributed by atoms with Gasteiger partial charge >= 0.3 is 0 Å². The zero-order valence-corrected chi connectivity index (χ0v) is 14.5. The fourth-order valence-electron chi connectivity index (χ4n) is 2.67. The summed E-state index contributed by atoms with van der Waals surface area (Å²) in [5, 5.41) is 3.56. The SMILES string of the molecule is CCCCC1NC(C(C)C)N(CC(C)(C)C(C)C)C1=O. The molecule has 0 aromatic rings. The van der Waals surface area contributed by atoms with Crippen LogP contribution in [0.1, 0.15) is 67.7 Å². The van der Waals surface area contributed by atoms with Crippen molar-refractivity contribution in [1.82, 2.24) is 10.2 Å². The fourth-order valence-corrected chi connectivity index (χ4v) is 2.67. The molecule has 0 radical (unpaired) electrons. The van der Waals surface area contributed by atoms with Gasteiger partial charge in [0.25, 0.3) is 0 Å². The summed E-state index contributed by atoms with van der Waals surface area (Å²) in [7, 11) is 0. The molecule has 1 aliphatic heterocycles. The van der Waals surface area contributed by atoms with Gasteiger partial charge in [0, 0.05) is 6.54 Å². The van der Waals surface area contributed by atoms with Crippen LogP contribution < -0.4 is 5.32 Å². The van der Waals surface area contributed by atoms with E-state index in [-0.39, 0.29) is 17.6 Å². The second-order valence-electron chi connectivity index (χ2n) is 7.66. The third kappa shape index (κ3) is 3.97. The highest BCUT2D eigenvalue weighted by molar-refractivity contribution is 5.84. The summed E-state index contributed by atoms with van der Waals surface area (Å²) in [4.78, 5) is 14.8. The van der Waals surface area contributed by atoms with Gasteiger partial charge in [-0.3, -0.25) is 10.1 Å². The molecule has 118 valence electrons. The van der Waals surface area contributed by atoms with Crippen LogP contribution in [0.25, 0.3) is 0 Å². The van der Waals surface area contributed by atoms with Crippen LogP contribution in [0.4, 0.5) is 0 Å². The van der Waals surface area contributed by atoms with Crippen LogP contribution >= 0.6 is 0 Å². The Hall–Kier alpha value is -0.570. The topological polar surface area (TPSA) is 32.3 Å². The van der Waals surface area contributed by atoms with Gasteiger partial charge in [0.15, 0.2) is 0 Å². The minimum absolute atomic E-state index is 0.0327. The zero-order chi connectivity index (χ0) is 15.5. The highest BCUT2D eigenvalue weighted by Gasteiger charge is 2.42. The molecule has 0 aromatic carbocycles. The third-order valence-electron chi connectivity index (χ3n) is 4.91. The molecular formula is C17H34N2O. The molecule has 1 heterocycles. The number of rotatable bonds is 7. The van der Waals surface area contributed by atoms with Crippen molar-refractivity contribution in [3.63, 3.8) is 0 Å². The van der Waals surface area contributed by atoms with Crippen molar-refractivity contribution in [2.24, 2.45) is 17.3 Å². The molecule has 0 aliphatic carbocycles. The van der Waals surface area contributed by atoms with Crippen molar-refractivity contribution < 1.29 is 4.79 Å². The molecule has 0 bridgehead atoms. The largest absolute Gasteiger partial charge is 0.325 e. The molecule has 1 fully saturated rings. The number of nitrogens with zero attached hydrogens (tertiary/aromatic N) is 1. The predicted octanol–water partition coefficient (Wildman–Crippen LogP) is 3.64. The molecule has 0 spiro atoms. The van der Waals surface area contributed by atoms with Gasteiger partial charge in [-0.2, -0.15) is 0 Å². The van der Waals surface area contributed by atoms with E-state index in [0.29, 0.717) is 17.7 Å². The summed E-state index contributed by atoms with van der Waals surface area (Å²) in [6, 6.07) is 0.0327. The maximum absolute atomic E-state index is 12.7. The molecule has 20 heavy (non-hydrogen) atoms. The standard InChI is InChI=1S/C17H34N2O/c1-8-9-10-14-16(20)19(15(18-14)12(2)3)11-17(6,7)13(4)5/h12-15,18H,8-11H2,1-7H3. The highest BCUT2D eigenvalue weighted by atomic mass is 16.2. The highest BCUT2D eigenvalue weighted by Crippen LogP contribution is 2.31. The summed E-state index contributed by atoms with van der Waals surface area (Å²) in [5.74, 6) is 1.33. The predicted molar refractivity (Wildman–Crippen MR) is 85.4 cm³/mol.